The predicted octanol–water partition coefficient (Wildman–Crippen LogP) is 19.3. The predicted molar refractivity (Wildman–Crippen MR) is 337 cm³/mol. The number of nitrogens with zero attached hydrogens (tertiary/aromatic N) is 4. The molecule has 2 N–H and O–H groups in total. The molecule has 80 heavy (non-hydrogen) atoms. The van der Waals surface area contributed by atoms with Crippen molar-refractivity contribution in [1.82, 2.24) is 19.9 Å². The first-order valence-electron chi connectivity index (χ1n) is 29.9. The van der Waals surface area contributed by atoms with Crippen molar-refractivity contribution in [2.45, 2.75) is 142 Å². The molecule has 0 atom stereocenters. The highest BCUT2D eigenvalue weighted by atomic mass is 16.6. The maximum atomic E-state index is 11.4. The van der Waals surface area contributed by atoms with Crippen LogP contribution in [0.3, 0.4) is 0 Å². The van der Waals surface area contributed by atoms with Gasteiger partial charge >= 0.3 is 0 Å². The van der Waals surface area contributed by atoms with Crippen molar-refractivity contribution in [3.8, 4) is 45.9 Å². The van der Waals surface area contributed by atoms with Gasteiger partial charge in [-0.25, -0.2) is 9.97 Å². The van der Waals surface area contributed by atoms with Crippen LogP contribution in [-0.2, 0) is 0 Å². The second-order valence-corrected chi connectivity index (χ2v) is 21.4. The van der Waals surface area contributed by atoms with Crippen LogP contribution in [-0.4, -0.2) is 37.9 Å². The second-order valence-electron chi connectivity index (χ2n) is 21.4. The van der Waals surface area contributed by atoms with E-state index in [0.717, 1.165) is 79.9 Å². The number of nitrogens with one attached hydrogen (secondary N) is 2. The molecule has 0 aliphatic carbocycles. The summed E-state index contributed by atoms with van der Waals surface area (Å²) in [7, 11) is 0. The van der Waals surface area contributed by atoms with Crippen LogP contribution in [0.2, 0.25) is 0 Å². The number of hydrogen-bond acceptors (Lipinski definition) is 5. The number of aromatic nitrogens is 4. The van der Waals surface area contributed by atoms with Gasteiger partial charge in [0.05, 0.1) is 49.9 Å². The summed E-state index contributed by atoms with van der Waals surface area (Å²) in [5, 5.41) is 11.4. The molecule has 0 saturated carbocycles. The average molecular weight is 1060 g/mol. The van der Waals surface area contributed by atoms with Crippen molar-refractivity contribution in [2.75, 3.05) is 18.0 Å². The SMILES string of the molecule is CCCCCCCCCCCCN(CCCCCCCCCCCC)c1ccc(C#Cc2c3ccc([nH]3)c(-c3ccccc3)c3nc(c(C#Cc4ccc([N+](=O)[O-])cc4)c4nc(c(-c5ccccc5)c5ccc2[nH]5)C=C4)C=C3)cc1. The monoisotopic (exact) mass is 1060 g/mol. The molecular formula is C72H78N6O2. The van der Waals surface area contributed by atoms with Crippen LogP contribution in [0.1, 0.15) is 187 Å². The summed E-state index contributed by atoms with van der Waals surface area (Å²) >= 11 is 0. The maximum absolute atomic E-state index is 11.4. The Hall–Kier alpha value is -8.20. The highest BCUT2D eigenvalue weighted by molar-refractivity contribution is 5.95. The lowest BCUT2D eigenvalue weighted by molar-refractivity contribution is -0.384. The molecule has 8 bridgehead atoms. The van der Waals surface area contributed by atoms with E-state index in [1.54, 1.807) is 12.1 Å². The quantitative estimate of drug-likeness (QED) is 0.0243. The molecule has 0 saturated heterocycles. The topological polar surface area (TPSA) is 104 Å². The molecule has 4 aromatic carbocycles. The molecule has 0 amide bonds. The second kappa shape index (κ2) is 29.7. The van der Waals surface area contributed by atoms with Crippen molar-refractivity contribution in [3.05, 3.63) is 189 Å². The lowest BCUT2D eigenvalue weighted by Crippen LogP contribution is -2.25. The van der Waals surface area contributed by atoms with E-state index >= 15 is 0 Å². The maximum Gasteiger partial charge on any atom is 0.269 e. The largest absolute Gasteiger partial charge is 0.372 e. The lowest BCUT2D eigenvalue weighted by Gasteiger charge is -2.25. The van der Waals surface area contributed by atoms with E-state index < -0.39 is 4.92 Å². The third kappa shape index (κ3) is 15.5. The van der Waals surface area contributed by atoms with E-state index in [0.29, 0.717) is 22.5 Å². The molecule has 8 nitrogen and oxygen atoms in total. The molecule has 0 radical (unpaired) electrons. The summed E-state index contributed by atoms with van der Waals surface area (Å²) in [4.78, 5) is 31.9. The fourth-order valence-corrected chi connectivity index (χ4v) is 10.9. The Balaban J connectivity index is 1.07. The number of nitro benzene ring substituents is 1. The summed E-state index contributed by atoms with van der Waals surface area (Å²) in [6.07, 6.45) is 34.9. The molecule has 408 valence electrons. The zero-order chi connectivity index (χ0) is 55.1. The molecule has 9 rings (SSSR count). The number of fused-ring (bicyclic) bond motifs is 8. The van der Waals surface area contributed by atoms with Gasteiger partial charge in [-0.3, -0.25) is 10.1 Å². The van der Waals surface area contributed by atoms with Crippen LogP contribution in [0.25, 0.3) is 68.6 Å². The molecule has 2 aliphatic heterocycles. The van der Waals surface area contributed by atoms with Gasteiger partial charge in [0.2, 0.25) is 0 Å². The third-order valence-corrected chi connectivity index (χ3v) is 15.4. The number of aromatic amines is 2. The zero-order valence-electron chi connectivity index (χ0n) is 47.2. The molecule has 3 aromatic heterocycles. The molecule has 0 unspecified atom stereocenters. The van der Waals surface area contributed by atoms with Crippen LogP contribution >= 0.6 is 0 Å². The van der Waals surface area contributed by atoms with Gasteiger partial charge in [-0.1, -0.05) is 214 Å². The number of H-pyrrole nitrogens is 2. The van der Waals surface area contributed by atoms with Crippen LogP contribution in [0, 0.1) is 33.8 Å². The van der Waals surface area contributed by atoms with Gasteiger partial charge in [0.15, 0.2) is 0 Å². The van der Waals surface area contributed by atoms with Crippen molar-refractivity contribution in [3.63, 3.8) is 0 Å². The summed E-state index contributed by atoms with van der Waals surface area (Å²) in [5.74, 6) is 13.9. The fourth-order valence-electron chi connectivity index (χ4n) is 10.9. The summed E-state index contributed by atoms with van der Waals surface area (Å²) in [5.41, 5.74) is 14.7. The average Bonchev–Trinajstić information content (AvgIpc) is 4.41. The minimum atomic E-state index is -0.405. The Morgan fingerprint density at radius 2 is 0.787 bits per heavy atom. The van der Waals surface area contributed by atoms with E-state index in [2.05, 4.69) is 125 Å². The van der Waals surface area contributed by atoms with Crippen molar-refractivity contribution in [1.29, 1.82) is 0 Å². The standard InChI is InChI=1S/C72H78N6O2/c1-3-5-7-9-11-13-15-17-19-27-53-77(54-28-20-18-16-14-12-10-8-6-4-2)59-39-33-55(34-40-59)37-43-61-63-45-49-67(73-63)71(57-29-23-21-24-30-57)69-51-47-65(75-69)62(44-38-56-35-41-60(42-36-56)78(79)80)66-48-52-70(76-66)72(58-31-25-22-26-32-58)68-50-46-64(61)74-68/h21-26,29-36,39-42,45-52,73-74H,3-20,27-28,53-54H2,1-2H3. The zero-order valence-corrected chi connectivity index (χ0v) is 47.2. The molecule has 8 heteroatoms. The first-order chi connectivity index (χ1) is 39.4. The van der Waals surface area contributed by atoms with Crippen molar-refractivity contribution >= 4 is 57.7 Å². The van der Waals surface area contributed by atoms with Gasteiger partial charge in [-0.2, -0.15) is 0 Å². The van der Waals surface area contributed by atoms with Gasteiger partial charge < -0.3 is 14.9 Å². The number of hydrogen-bond donors (Lipinski definition) is 2. The Kier molecular flexibility index (Phi) is 21.0. The number of unbranched alkanes of at least 4 members (excludes halogenated alkanes) is 18. The summed E-state index contributed by atoms with van der Waals surface area (Å²) < 4.78 is 0. The highest BCUT2D eigenvalue weighted by Crippen LogP contribution is 2.34. The summed E-state index contributed by atoms with van der Waals surface area (Å²) in [6.45, 7) is 6.77. The number of nitro groups is 1. The molecule has 5 heterocycles. The van der Waals surface area contributed by atoms with Crippen molar-refractivity contribution in [2.24, 2.45) is 0 Å². The highest BCUT2D eigenvalue weighted by Gasteiger charge is 2.18. The summed E-state index contributed by atoms with van der Waals surface area (Å²) in [6, 6.07) is 44.4. The minimum Gasteiger partial charge on any atom is -0.372 e. The third-order valence-electron chi connectivity index (χ3n) is 15.4. The molecule has 2 aliphatic rings. The van der Waals surface area contributed by atoms with Gasteiger partial charge in [0.25, 0.3) is 5.69 Å². The number of anilines is 1. The lowest BCUT2D eigenvalue weighted by atomic mass is 10.0. The van der Waals surface area contributed by atoms with E-state index in [-0.39, 0.29) is 5.69 Å². The molecule has 0 spiro atoms. The van der Waals surface area contributed by atoms with E-state index in [1.165, 1.54) is 146 Å². The first-order valence-corrected chi connectivity index (χ1v) is 29.9. The van der Waals surface area contributed by atoms with Gasteiger partial charge in [0, 0.05) is 64.2 Å². The Bertz CT molecular complexity index is 3350. The van der Waals surface area contributed by atoms with E-state index in [1.807, 2.05) is 60.7 Å². The van der Waals surface area contributed by atoms with Gasteiger partial charge in [-0.05, 0) is 109 Å². The number of rotatable bonds is 26. The number of benzene rings is 4. The molecule has 7 aromatic rings. The fraction of sp³-hybridized carbons (Fsp3) is 0.333. The Morgan fingerprint density at radius 3 is 1.21 bits per heavy atom. The van der Waals surface area contributed by atoms with Crippen LogP contribution in [0.15, 0.2) is 133 Å². The Labute approximate surface area is 475 Å². The normalized spacial score (nSPS) is 11.5. The smallest absolute Gasteiger partial charge is 0.269 e. The van der Waals surface area contributed by atoms with Crippen molar-refractivity contribution < 1.29 is 4.92 Å². The molecular weight excluding hydrogens is 981 g/mol. The van der Waals surface area contributed by atoms with Crippen LogP contribution < -0.4 is 4.90 Å². The van der Waals surface area contributed by atoms with E-state index in [4.69, 9.17) is 9.97 Å². The Morgan fingerprint density at radius 1 is 0.412 bits per heavy atom. The van der Waals surface area contributed by atoms with Gasteiger partial charge in [0.1, 0.15) is 0 Å². The minimum absolute atomic E-state index is 0.0122. The van der Waals surface area contributed by atoms with Crippen LogP contribution in [0.4, 0.5) is 11.4 Å². The number of non-ortho nitro benzene ring substituents is 1. The first kappa shape index (κ1) is 56.5. The van der Waals surface area contributed by atoms with E-state index in [9.17, 15) is 10.1 Å². The van der Waals surface area contributed by atoms with Gasteiger partial charge in [-0.15, -0.1) is 0 Å². The molecule has 0 fully saturated rings. The van der Waals surface area contributed by atoms with Crippen LogP contribution in [0.5, 0.6) is 0 Å².